The van der Waals surface area contributed by atoms with Gasteiger partial charge in [0.05, 0.1) is 13.2 Å². The summed E-state index contributed by atoms with van der Waals surface area (Å²) in [5.41, 5.74) is 6.26. The van der Waals surface area contributed by atoms with Gasteiger partial charge in [-0.25, -0.2) is 4.48 Å². The van der Waals surface area contributed by atoms with Crippen molar-refractivity contribution in [2.24, 2.45) is 0 Å². The van der Waals surface area contributed by atoms with Gasteiger partial charge in [0.1, 0.15) is 11.3 Å². The number of nitrogens with zero attached hydrogens (tertiary/aromatic N) is 3. The Morgan fingerprint density at radius 1 is 1.00 bits per heavy atom. The van der Waals surface area contributed by atoms with Crippen molar-refractivity contribution in [2.75, 3.05) is 13.7 Å². The Hall–Kier alpha value is -2.78. The molecule has 0 spiro atoms. The third kappa shape index (κ3) is 2.43. The molecular formula is C21H21N3+2. The van der Waals surface area contributed by atoms with Crippen LogP contribution in [0.4, 0.5) is 17.1 Å². The van der Waals surface area contributed by atoms with Crippen LogP contribution in [0, 0.1) is 6.92 Å². The van der Waals surface area contributed by atoms with Gasteiger partial charge < -0.3 is 0 Å². The Balaban J connectivity index is 1.93. The van der Waals surface area contributed by atoms with E-state index in [0.717, 1.165) is 16.8 Å². The summed E-state index contributed by atoms with van der Waals surface area (Å²) in [5, 5.41) is 0. The molecule has 1 aliphatic heterocycles. The molecule has 0 radical (unpaired) electrons. The van der Waals surface area contributed by atoms with E-state index in [2.05, 4.69) is 84.3 Å². The molecule has 0 aliphatic carbocycles. The maximum Gasteiger partial charge on any atom is 0.285 e. The zero-order chi connectivity index (χ0) is 16.6. The predicted octanol–water partition coefficient (Wildman–Crippen LogP) is 4.39. The maximum absolute atomic E-state index is 4.29. The van der Waals surface area contributed by atoms with Crippen molar-refractivity contribution in [3.63, 3.8) is 0 Å². The van der Waals surface area contributed by atoms with Crippen molar-refractivity contribution in [3.8, 4) is 0 Å². The predicted molar refractivity (Wildman–Crippen MR) is 99.2 cm³/mol. The van der Waals surface area contributed by atoms with E-state index in [1.807, 2.05) is 18.5 Å². The zero-order valence-electron chi connectivity index (χ0n) is 14.1. The first kappa shape index (κ1) is 14.8. The van der Waals surface area contributed by atoms with Crippen LogP contribution in [0.2, 0.25) is 0 Å². The molecular weight excluding hydrogens is 294 g/mol. The van der Waals surface area contributed by atoms with Crippen molar-refractivity contribution >= 4 is 23.3 Å². The summed E-state index contributed by atoms with van der Waals surface area (Å²) >= 11 is 0. The molecule has 24 heavy (non-hydrogen) atoms. The highest BCUT2D eigenvalue weighted by Gasteiger charge is 2.39. The molecule has 0 amide bonds. The first-order valence-electron chi connectivity index (χ1n) is 8.21. The van der Waals surface area contributed by atoms with Crippen molar-refractivity contribution in [3.05, 3.63) is 84.2 Å². The summed E-state index contributed by atoms with van der Waals surface area (Å²) in [6.45, 7) is 2.98. The second kappa shape index (κ2) is 5.69. The molecule has 3 nitrogen and oxygen atoms in total. The average molecular weight is 315 g/mol. The number of pyridine rings is 1. The summed E-state index contributed by atoms with van der Waals surface area (Å²) in [6, 6.07) is 21.5. The van der Waals surface area contributed by atoms with Crippen LogP contribution in [0.15, 0.2) is 73.1 Å². The monoisotopic (exact) mass is 315 g/mol. The van der Waals surface area contributed by atoms with Crippen LogP contribution in [-0.4, -0.2) is 29.5 Å². The lowest BCUT2D eigenvalue weighted by Gasteiger charge is -2.34. The van der Waals surface area contributed by atoms with E-state index in [-0.39, 0.29) is 0 Å². The summed E-state index contributed by atoms with van der Waals surface area (Å²) in [7, 11) is 2.28. The van der Waals surface area contributed by atoms with Crippen LogP contribution in [-0.2, 0) is 0 Å². The van der Waals surface area contributed by atoms with Crippen LogP contribution in [0.3, 0.4) is 0 Å². The molecule has 0 bridgehead atoms. The van der Waals surface area contributed by atoms with Crippen LogP contribution >= 0.6 is 0 Å². The van der Waals surface area contributed by atoms with Gasteiger partial charge in [-0.15, -0.1) is 4.58 Å². The van der Waals surface area contributed by atoms with Crippen LogP contribution in [0.1, 0.15) is 11.1 Å². The molecule has 2 aromatic carbocycles. The molecule has 0 saturated heterocycles. The molecule has 3 heteroatoms. The van der Waals surface area contributed by atoms with E-state index in [1.165, 1.54) is 22.5 Å². The number of aryl methyl sites for hydroxylation is 1. The number of para-hydroxylation sites is 1. The number of quaternary nitrogens is 1. The molecule has 4 rings (SSSR count). The van der Waals surface area contributed by atoms with E-state index >= 15 is 0 Å². The number of rotatable bonds is 2. The van der Waals surface area contributed by atoms with Crippen molar-refractivity contribution in [1.29, 1.82) is 0 Å². The highest BCUT2D eigenvalue weighted by Crippen LogP contribution is 2.38. The van der Waals surface area contributed by atoms with E-state index in [1.54, 1.807) is 0 Å². The van der Waals surface area contributed by atoms with Gasteiger partial charge in [-0.2, -0.15) is 0 Å². The van der Waals surface area contributed by atoms with Gasteiger partial charge >= 0.3 is 0 Å². The Morgan fingerprint density at radius 2 is 1.83 bits per heavy atom. The number of fused-ring (bicyclic) bond motifs is 1. The molecule has 0 saturated carbocycles. The first-order chi connectivity index (χ1) is 11.7. The van der Waals surface area contributed by atoms with Gasteiger partial charge in [-0.3, -0.25) is 4.98 Å². The average Bonchev–Trinajstić information content (AvgIpc) is 2.63. The minimum absolute atomic E-state index is 0.738. The quantitative estimate of drug-likeness (QED) is 0.506. The molecule has 1 unspecified atom stereocenters. The van der Waals surface area contributed by atoms with Crippen molar-refractivity contribution in [1.82, 2.24) is 9.47 Å². The maximum atomic E-state index is 4.29. The Kier molecular flexibility index (Phi) is 3.51. The Labute approximate surface area is 142 Å². The molecule has 2 heterocycles. The SMILES string of the molecule is Cc1ccc2c(c1)C=[N+](c1cccnc1)C[N+]2(C)c1ccccc1. The van der Waals surface area contributed by atoms with Crippen molar-refractivity contribution in [2.45, 2.75) is 6.92 Å². The van der Waals surface area contributed by atoms with Gasteiger partial charge in [-0.1, -0.05) is 24.3 Å². The highest BCUT2D eigenvalue weighted by atomic mass is 15.4. The number of hydrogen-bond donors (Lipinski definition) is 0. The molecule has 1 aromatic heterocycles. The minimum Gasteiger partial charge on any atom is -0.258 e. The van der Waals surface area contributed by atoms with Gasteiger partial charge in [0, 0.05) is 18.3 Å². The molecule has 1 aliphatic rings. The lowest BCUT2D eigenvalue weighted by molar-refractivity contribution is -0.456. The van der Waals surface area contributed by atoms with E-state index in [4.69, 9.17) is 0 Å². The van der Waals surface area contributed by atoms with Gasteiger partial charge in [0.2, 0.25) is 5.69 Å². The molecule has 1 atom stereocenters. The molecule has 0 N–H and O–H groups in total. The van der Waals surface area contributed by atoms with Crippen LogP contribution in [0.25, 0.3) is 0 Å². The minimum atomic E-state index is 0.738. The zero-order valence-corrected chi connectivity index (χ0v) is 14.1. The smallest absolute Gasteiger partial charge is 0.258 e. The first-order valence-corrected chi connectivity index (χ1v) is 8.21. The van der Waals surface area contributed by atoms with Crippen molar-refractivity contribution < 1.29 is 4.58 Å². The third-order valence-corrected chi connectivity index (χ3v) is 4.75. The van der Waals surface area contributed by atoms with E-state index in [9.17, 15) is 0 Å². The van der Waals surface area contributed by atoms with Gasteiger partial charge in [0.15, 0.2) is 11.9 Å². The van der Waals surface area contributed by atoms with Crippen LogP contribution in [0.5, 0.6) is 0 Å². The fourth-order valence-corrected chi connectivity index (χ4v) is 3.47. The van der Waals surface area contributed by atoms with Gasteiger partial charge in [0.25, 0.3) is 6.67 Å². The number of benzene rings is 2. The second-order valence-corrected chi connectivity index (χ2v) is 6.54. The number of hydrogen-bond acceptors (Lipinski definition) is 1. The normalized spacial score (nSPS) is 19.5. The molecule has 0 fully saturated rings. The Bertz CT molecular complexity index is 901. The lowest BCUT2D eigenvalue weighted by Crippen LogP contribution is -2.48. The lowest BCUT2D eigenvalue weighted by atomic mass is 10.0. The standard InChI is InChI=1S/C21H21N3/c1-17-10-11-21-18(13-17)15-23(19-7-6-12-22-14-19)16-24(21,2)20-8-4-3-5-9-20/h3-15H,16H2,1-2H3/q+2. The fraction of sp³-hybridized carbons (Fsp3) is 0.143. The summed E-state index contributed by atoms with van der Waals surface area (Å²) in [6.07, 6.45) is 5.98. The largest absolute Gasteiger partial charge is 0.285 e. The summed E-state index contributed by atoms with van der Waals surface area (Å²) < 4.78 is 3.03. The fourth-order valence-electron chi connectivity index (χ4n) is 3.47. The molecule has 3 aromatic rings. The Morgan fingerprint density at radius 3 is 2.58 bits per heavy atom. The van der Waals surface area contributed by atoms with E-state index < -0.39 is 0 Å². The van der Waals surface area contributed by atoms with Gasteiger partial charge in [-0.05, 0) is 36.8 Å². The second-order valence-electron chi connectivity index (χ2n) is 6.54. The van der Waals surface area contributed by atoms with Crippen LogP contribution < -0.4 is 4.48 Å². The summed E-state index contributed by atoms with van der Waals surface area (Å²) in [4.78, 5) is 4.29. The molecule has 118 valence electrons. The number of aromatic nitrogens is 1. The van der Waals surface area contributed by atoms with E-state index in [0.29, 0.717) is 0 Å². The topological polar surface area (TPSA) is 15.9 Å². The summed E-state index contributed by atoms with van der Waals surface area (Å²) in [5.74, 6) is 0. The third-order valence-electron chi connectivity index (χ3n) is 4.75. The highest BCUT2D eigenvalue weighted by molar-refractivity contribution is 5.88.